The zero-order valence-corrected chi connectivity index (χ0v) is 12.0. The maximum Gasteiger partial charge on any atom is 0.291 e. The first kappa shape index (κ1) is 14.7. The molecule has 1 heterocycles. The van der Waals surface area contributed by atoms with Crippen molar-refractivity contribution in [3.8, 4) is 0 Å². The van der Waals surface area contributed by atoms with E-state index in [4.69, 9.17) is 0 Å². The fourth-order valence-corrected chi connectivity index (χ4v) is 1.57. The van der Waals surface area contributed by atoms with Crippen molar-refractivity contribution in [2.75, 3.05) is 0 Å². The molecule has 1 aromatic rings. The molecular weight excluding hydrogens is 228 g/mol. The average Bonchev–Trinajstić information content (AvgIpc) is 2.75. The van der Waals surface area contributed by atoms with Crippen LogP contribution in [0.5, 0.6) is 0 Å². The summed E-state index contributed by atoms with van der Waals surface area (Å²) in [5.74, 6) is 0.752. The Balaban J connectivity index is 2.59. The number of hydrogen-bond acceptors (Lipinski definition) is 3. The van der Waals surface area contributed by atoms with E-state index in [1.54, 1.807) is 0 Å². The van der Waals surface area contributed by atoms with Gasteiger partial charge in [-0.15, -0.1) is 5.10 Å². The Kier molecular flexibility index (Phi) is 4.87. The van der Waals surface area contributed by atoms with Crippen LogP contribution in [0.3, 0.4) is 0 Å². The van der Waals surface area contributed by atoms with Gasteiger partial charge in [-0.1, -0.05) is 40.5 Å². The van der Waals surface area contributed by atoms with Gasteiger partial charge in [0.2, 0.25) is 5.82 Å². The predicted molar refractivity (Wildman–Crippen MR) is 71.5 cm³/mol. The van der Waals surface area contributed by atoms with Gasteiger partial charge >= 0.3 is 0 Å². The highest BCUT2D eigenvalue weighted by Gasteiger charge is 2.21. The summed E-state index contributed by atoms with van der Waals surface area (Å²) in [6.07, 6.45) is 3.23. The van der Waals surface area contributed by atoms with Crippen LogP contribution in [0, 0.1) is 0 Å². The van der Waals surface area contributed by atoms with E-state index < -0.39 is 0 Å². The lowest BCUT2D eigenvalue weighted by atomic mass is 9.96. The summed E-state index contributed by atoms with van der Waals surface area (Å²) in [4.78, 5) is 16.1. The van der Waals surface area contributed by atoms with Crippen molar-refractivity contribution in [2.24, 2.45) is 0 Å². The molecule has 0 saturated heterocycles. The highest BCUT2D eigenvalue weighted by atomic mass is 16.2. The molecule has 0 bridgehead atoms. The van der Waals surface area contributed by atoms with Gasteiger partial charge in [0.1, 0.15) is 5.82 Å². The first-order valence-corrected chi connectivity index (χ1v) is 6.58. The predicted octanol–water partition coefficient (Wildman–Crippen LogP) is 2.41. The molecule has 5 heteroatoms. The standard InChI is InChI=1S/C13H24N4O/c1-6-7-8-9(2)14-11(18)10-15-12(17-16-10)13(3,4)5/h9H,6-8H2,1-5H3,(H,14,18)(H,15,16,17). The summed E-state index contributed by atoms with van der Waals surface area (Å²) in [5.41, 5.74) is -0.126. The van der Waals surface area contributed by atoms with Gasteiger partial charge in [-0.3, -0.25) is 9.89 Å². The van der Waals surface area contributed by atoms with E-state index in [2.05, 4.69) is 27.4 Å². The zero-order valence-electron chi connectivity index (χ0n) is 12.0. The summed E-state index contributed by atoms with van der Waals surface area (Å²) in [6.45, 7) is 10.2. The van der Waals surface area contributed by atoms with E-state index in [-0.39, 0.29) is 23.2 Å². The van der Waals surface area contributed by atoms with Crippen molar-refractivity contribution >= 4 is 5.91 Å². The number of unbranched alkanes of at least 4 members (excludes halogenated alkanes) is 1. The van der Waals surface area contributed by atoms with Crippen LogP contribution in [0.25, 0.3) is 0 Å². The van der Waals surface area contributed by atoms with Crippen LogP contribution in [-0.4, -0.2) is 27.1 Å². The number of nitrogens with one attached hydrogen (secondary N) is 2. The Labute approximate surface area is 109 Å². The lowest BCUT2D eigenvalue weighted by Crippen LogP contribution is -2.33. The first-order valence-electron chi connectivity index (χ1n) is 6.58. The smallest absolute Gasteiger partial charge is 0.291 e. The molecular formula is C13H24N4O. The van der Waals surface area contributed by atoms with Crippen molar-refractivity contribution in [2.45, 2.75) is 65.3 Å². The third-order valence-corrected chi connectivity index (χ3v) is 2.77. The van der Waals surface area contributed by atoms with Crippen molar-refractivity contribution in [1.82, 2.24) is 20.5 Å². The number of amides is 1. The molecule has 0 aromatic carbocycles. The molecule has 0 aliphatic heterocycles. The van der Waals surface area contributed by atoms with E-state index in [0.717, 1.165) is 25.1 Å². The highest BCUT2D eigenvalue weighted by molar-refractivity contribution is 5.90. The Morgan fingerprint density at radius 2 is 2.11 bits per heavy atom. The van der Waals surface area contributed by atoms with Crippen molar-refractivity contribution in [3.05, 3.63) is 11.6 Å². The van der Waals surface area contributed by atoms with Gasteiger partial charge in [0.05, 0.1) is 0 Å². The van der Waals surface area contributed by atoms with E-state index in [0.29, 0.717) is 0 Å². The number of hydrogen-bond donors (Lipinski definition) is 2. The largest absolute Gasteiger partial charge is 0.347 e. The summed E-state index contributed by atoms with van der Waals surface area (Å²) >= 11 is 0. The first-order chi connectivity index (χ1) is 8.34. The Morgan fingerprint density at radius 1 is 1.44 bits per heavy atom. The van der Waals surface area contributed by atoms with Gasteiger partial charge in [-0.25, -0.2) is 4.98 Å². The zero-order chi connectivity index (χ0) is 13.8. The minimum atomic E-state index is -0.203. The molecule has 5 nitrogen and oxygen atoms in total. The van der Waals surface area contributed by atoms with Crippen LogP contribution in [0.1, 0.15) is 70.3 Å². The molecule has 0 aliphatic rings. The SMILES string of the molecule is CCCCC(C)NC(=O)c1n[nH]c(C(C)(C)C)n1. The molecule has 1 amide bonds. The van der Waals surface area contributed by atoms with E-state index in [9.17, 15) is 4.79 Å². The summed E-state index contributed by atoms with van der Waals surface area (Å²) in [6, 6.07) is 0.161. The van der Waals surface area contributed by atoms with Crippen LogP contribution in [-0.2, 0) is 5.41 Å². The molecule has 1 rings (SSSR count). The second kappa shape index (κ2) is 5.98. The number of H-pyrrole nitrogens is 1. The van der Waals surface area contributed by atoms with Crippen LogP contribution in [0.2, 0.25) is 0 Å². The summed E-state index contributed by atoms with van der Waals surface area (Å²) in [5, 5.41) is 9.70. The highest BCUT2D eigenvalue weighted by Crippen LogP contribution is 2.17. The molecule has 102 valence electrons. The minimum Gasteiger partial charge on any atom is -0.347 e. The minimum absolute atomic E-state index is 0.126. The van der Waals surface area contributed by atoms with Gasteiger partial charge in [-0.05, 0) is 13.3 Å². The Bertz CT molecular complexity index is 392. The molecule has 1 aromatic heterocycles. The van der Waals surface area contributed by atoms with Gasteiger partial charge in [0.25, 0.3) is 5.91 Å². The van der Waals surface area contributed by atoms with E-state index >= 15 is 0 Å². The molecule has 18 heavy (non-hydrogen) atoms. The van der Waals surface area contributed by atoms with Crippen LogP contribution < -0.4 is 5.32 Å². The van der Waals surface area contributed by atoms with Crippen molar-refractivity contribution < 1.29 is 4.79 Å². The molecule has 2 N–H and O–H groups in total. The lowest BCUT2D eigenvalue weighted by Gasteiger charge is -2.13. The quantitative estimate of drug-likeness (QED) is 0.845. The molecule has 0 radical (unpaired) electrons. The van der Waals surface area contributed by atoms with Crippen LogP contribution in [0.4, 0.5) is 0 Å². The fraction of sp³-hybridized carbons (Fsp3) is 0.769. The number of rotatable bonds is 5. The van der Waals surface area contributed by atoms with Gasteiger partial charge in [-0.2, -0.15) is 0 Å². The molecule has 0 saturated carbocycles. The maximum absolute atomic E-state index is 11.9. The number of carbonyl (C=O) groups is 1. The number of aromatic amines is 1. The molecule has 0 fully saturated rings. The number of carbonyl (C=O) groups excluding carboxylic acids is 1. The van der Waals surface area contributed by atoms with E-state index in [1.807, 2.05) is 27.7 Å². The van der Waals surface area contributed by atoms with E-state index in [1.165, 1.54) is 0 Å². The Morgan fingerprint density at radius 3 is 2.61 bits per heavy atom. The van der Waals surface area contributed by atoms with Crippen LogP contribution >= 0.6 is 0 Å². The monoisotopic (exact) mass is 252 g/mol. The third kappa shape index (κ3) is 4.13. The number of aromatic nitrogens is 3. The van der Waals surface area contributed by atoms with Crippen molar-refractivity contribution in [1.29, 1.82) is 0 Å². The molecule has 0 aliphatic carbocycles. The molecule has 1 unspecified atom stereocenters. The molecule has 0 spiro atoms. The second-order valence-electron chi connectivity index (χ2n) is 5.77. The van der Waals surface area contributed by atoms with Gasteiger partial charge < -0.3 is 5.32 Å². The topological polar surface area (TPSA) is 70.7 Å². The molecule has 1 atom stereocenters. The maximum atomic E-state index is 11.9. The Hall–Kier alpha value is -1.39. The fourth-order valence-electron chi connectivity index (χ4n) is 1.57. The normalized spacial score (nSPS) is 13.4. The lowest BCUT2D eigenvalue weighted by molar-refractivity contribution is 0.0927. The second-order valence-corrected chi connectivity index (χ2v) is 5.77. The third-order valence-electron chi connectivity index (χ3n) is 2.77. The summed E-state index contributed by atoms with van der Waals surface area (Å²) in [7, 11) is 0. The van der Waals surface area contributed by atoms with Crippen LogP contribution in [0.15, 0.2) is 0 Å². The number of nitrogens with zero attached hydrogens (tertiary/aromatic N) is 2. The van der Waals surface area contributed by atoms with Gasteiger partial charge in [0, 0.05) is 11.5 Å². The van der Waals surface area contributed by atoms with Crippen molar-refractivity contribution in [3.63, 3.8) is 0 Å². The summed E-state index contributed by atoms with van der Waals surface area (Å²) < 4.78 is 0. The average molecular weight is 252 g/mol. The van der Waals surface area contributed by atoms with Gasteiger partial charge in [0.15, 0.2) is 0 Å².